The zero-order valence-corrected chi connectivity index (χ0v) is 13.7. The van der Waals surface area contributed by atoms with Crippen LogP contribution in [0.1, 0.15) is 37.6 Å². The molecule has 2 rings (SSSR count). The lowest BCUT2D eigenvalue weighted by atomic mass is 10.1. The van der Waals surface area contributed by atoms with Crippen molar-refractivity contribution in [1.29, 1.82) is 0 Å². The largest absolute Gasteiger partial charge is 0.492 e. The minimum absolute atomic E-state index is 0.110. The number of nitrogens with zero attached hydrogens (tertiary/aromatic N) is 1. The lowest BCUT2D eigenvalue weighted by molar-refractivity contribution is 0.0940. The molecule has 0 aliphatic heterocycles. The molecule has 1 unspecified atom stereocenters. The normalized spacial score (nSPS) is 12.0. The van der Waals surface area contributed by atoms with E-state index >= 15 is 0 Å². The Morgan fingerprint density at radius 2 is 2.23 bits per heavy atom. The van der Waals surface area contributed by atoms with Crippen LogP contribution in [0.4, 0.5) is 0 Å². The number of hydrogen-bond donors (Lipinski definition) is 2. The SMILES string of the molecule is CCOc1ccc(-c2[nH]ncc2C(=O)NC(C)CC)cc1Cl. The number of nitrogens with one attached hydrogen (secondary N) is 2. The molecule has 2 N–H and O–H groups in total. The van der Waals surface area contributed by atoms with E-state index in [0.29, 0.717) is 28.6 Å². The number of H-pyrrole nitrogens is 1. The zero-order valence-electron chi connectivity index (χ0n) is 12.9. The minimum Gasteiger partial charge on any atom is -0.492 e. The average molecular weight is 322 g/mol. The summed E-state index contributed by atoms with van der Waals surface area (Å²) in [5.41, 5.74) is 1.94. The van der Waals surface area contributed by atoms with E-state index in [0.717, 1.165) is 12.0 Å². The molecule has 1 amide bonds. The number of benzene rings is 1. The number of halogens is 1. The van der Waals surface area contributed by atoms with Crippen LogP contribution in [0, 0.1) is 0 Å². The smallest absolute Gasteiger partial charge is 0.255 e. The summed E-state index contributed by atoms with van der Waals surface area (Å²) in [7, 11) is 0. The van der Waals surface area contributed by atoms with Gasteiger partial charge in [0, 0.05) is 11.6 Å². The van der Waals surface area contributed by atoms with E-state index in [-0.39, 0.29) is 11.9 Å². The Labute approximate surface area is 135 Å². The molecule has 1 aromatic carbocycles. The van der Waals surface area contributed by atoms with Gasteiger partial charge in [-0.3, -0.25) is 9.89 Å². The van der Waals surface area contributed by atoms with Crippen LogP contribution < -0.4 is 10.1 Å². The van der Waals surface area contributed by atoms with E-state index in [1.807, 2.05) is 26.8 Å². The summed E-state index contributed by atoms with van der Waals surface area (Å²) < 4.78 is 5.42. The van der Waals surface area contributed by atoms with Crippen LogP contribution in [-0.2, 0) is 0 Å². The highest BCUT2D eigenvalue weighted by atomic mass is 35.5. The minimum atomic E-state index is -0.150. The number of amides is 1. The molecule has 0 spiro atoms. The Morgan fingerprint density at radius 1 is 1.45 bits per heavy atom. The zero-order chi connectivity index (χ0) is 16.1. The standard InChI is InChI=1S/C16H20ClN3O2/c1-4-10(3)19-16(21)12-9-18-20-15(12)11-6-7-14(22-5-2)13(17)8-11/h6-10H,4-5H2,1-3H3,(H,18,20)(H,19,21). The van der Waals surface area contributed by atoms with E-state index < -0.39 is 0 Å². The van der Waals surface area contributed by atoms with Crippen molar-refractivity contribution in [2.24, 2.45) is 0 Å². The fraction of sp³-hybridized carbons (Fsp3) is 0.375. The van der Waals surface area contributed by atoms with Crippen LogP contribution >= 0.6 is 11.6 Å². The predicted molar refractivity (Wildman–Crippen MR) is 87.4 cm³/mol. The van der Waals surface area contributed by atoms with Crippen LogP contribution in [0.3, 0.4) is 0 Å². The van der Waals surface area contributed by atoms with Crippen molar-refractivity contribution in [3.63, 3.8) is 0 Å². The highest BCUT2D eigenvalue weighted by molar-refractivity contribution is 6.32. The van der Waals surface area contributed by atoms with Crippen LogP contribution in [0.15, 0.2) is 24.4 Å². The molecule has 2 aromatic rings. The molecule has 6 heteroatoms. The Morgan fingerprint density at radius 3 is 2.86 bits per heavy atom. The van der Waals surface area contributed by atoms with Gasteiger partial charge < -0.3 is 10.1 Å². The highest BCUT2D eigenvalue weighted by Crippen LogP contribution is 2.31. The number of hydrogen-bond acceptors (Lipinski definition) is 3. The van der Waals surface area contributed by atoms with Crippen LogP contribution in [0.5, 0.6) is 5.75 Å². The summed E-state index contributed by atoms with van der Waals surface area (Å²) in [5, 5.41) is 10.3. The fourth-order valence-corrected chi connectivity index (χ4v) is 2.25. The molecule has 0 bridgehead atoms. The number of carbonyl (C=O) groups excluding carboxylic acids is 1. The molecule has 5 nitrogen and oxygen atoms in total. The summed E-state index contributed by atoms with van der Waals surface area (Å²) in [6.07, 6.45) is 2.39. The van der Waals surface area contributed by atoms with Gasteiger partial charge in [0.25, 0.3) is 5.91 Å². The van der Waals surface area contributed by atoms with E-state index in [1.54, 1.807) is 12.1 Å². The molecule has 1 heterocycles. The molecule has 1 atom stereocenters. The van der Waals surface area contributed by atoms with Gasteiger partial charge in [-0.2, -0.15) is 5.10 Å². The topological polar surface area (TPSA) is 67.0 Å². The van der Waals surface area contributed by atoms with Crippen molar-refractivity contribution in [2.75, 3.05) is 6.61 Å². The van der Waals surface area contributed by atoms with E-state index in [4.69, 9.17) is 16.3 Å². The van der Waals surface area contributed by atoms with E-state index in [2.05, 4.69) is 15.5 Å². The van der Waals surface area contributed by atoms with Crippen molar-refractivity contribution in [3.8, 4) is 17.0 Å². The van der Waals surface area contributed by atoms with E-state index in [9.17, 15) is 4.79 Å². The van der Waals surface area contributed by atoms with Crippen molar-refractivity contribution >= 4 is 17.5 Å². The second-order valence-electron chi connectivity index (χ2n) is 5.02. The molecule has 0 aliphatic rings. The Kier molecular flexibility index (Phi) is 5.44. The van der Waals surface area contributed by atoms with E-state index in [1.165, 1.54) is 6.20 Å². The van der Waals surface area contributed by atoms with Crippen molar-refractivity contribution < 1.29 is 9.53 Å². The van der Waals surface area contributed by atoms with Gasteiger partial charge >= 0.3 is 0 Å². The Bertz CT molecular complexity index is 655. The first-order valence-corrected chi connectivity index (χ1v) is 7.71. The van der Waals surface area contributed by atoms with Gasteiger partial charge in [0.2, 0.25) is 0 Å². The third kappa shape index (κ3) is 3.60. The maximum atomic E-state index is 12.3. The van der Waals surface area contributed by atoms with Crippen LogP contribution in [0.2, 0.25) is 5.02 Å². The molecule has 22 heavy (non-hydrogen) atoms. The summed E-state index contributed by atoms with van der Waals surface area (Å²) in [6, 6.07) is 5.52. The summed E-state index contributed by atoms with van der Waals surface area (Å²) in [6.45, 7) is 6.43. The van der Waals surface area contributed by atoms with Crippen LogP contribution in [0.25, 0.3) is 11.3 Å². The number of aromatic amines is 1. The lowest BCUT2D eigenvalue weighted by Gasteiger charge is -2.12. The maximum Gasteiger partial charge on any atom is 0.255 e. The van der Waals surface area contributed by atoms with Gasteiger partial charge in [-0.1, -0.05) is 18.5 Å². The average Bonchev–Trinajstić information content (AvgIpc) is 2.99. The van der Waals surface area contributed by atoms with Crippen molar-refractivity contribution in [2.45, 2.75) is 33.2 Å². The van der Waals surface area contributed by atoms with Gasteiger partial charge in [-0.05, 0) is 38.5 Å². The van der Waals surface area contributed by atoms with Gasteiger partial charge in [-0.25, -0.2) is 0 Å². The molecule has 0 aliphatic carbocycles. The third-order valence-corrected chi connectivity index (χ3v) is 3.69. The second-order valence-corrected chi connectivity index (χ2v) is 5.43. The monoisotopic (exact) mass is 321 g/mol. The molecule has 0 saturated carbocycles. The lowest BCUT2D eigenvalue weighted by Crippen LogP contribution is -2.32. The second kappa shape index (κ2) is 7.31. The first kappa shape index (κ1) is 16.4. The highest BCUT2D eigenvalue weighted by Gasteiger charge is 2.17. The Hall–Kier alpha value is -2.01. The van der Waals surface area contributed by atoms with Gasteiger partial charge in [0.05, 0.1) is 29.1 Å². The number of ether oxygens (including phenoxy) is 1. The number of aromatic nitrogens is 2. The predicted octanol–water partition coefficient (Wildman–Crippen LogP) is 3.66. The molecule has 1 aromatic heterocycles. The molecule has 0 fully saturated rings. The third-order valence-electron chi connectivity index (χ3n) is 3.39. The molecule has 0 saturated heterocycles. The van der Waals surface area contributed by atoms with Crippen molar-refractivity contribution in [1.82, 2.24) is 15.5 Å². The van der Waals surface area contributed by atoms with Gasteiger partial charge in [-0.15, -0.1) is 0 Å². The van der Waals surface area contributed by atoms with Crippen molar-refractivity contribution in [3.05, 3.63) is 35.0 Å². The summed E-state index contributed by atoms with van der Waals surface area (Å²) in [5.74, 6) is 0.473. The maximum absolute atomic E-state index is 12.3. The quantitative estimate of drug-likeness (QED) is 0.853. The molecular weight excluding hydrogens is 302 g/mol. The summed E-state index contributed by atoms with van der Waals surface area (Å²) >= 11 is 6.20. The number of rotatable bonds is 6. The molecule has 0 radical (unpaired) electrons. The first-order chi connectivity index (χ1) is 10.6. The molecule has 118 valence electrons. The number of carbonyl (C=O) groups is 1. The van der Waals surface area contributed by atoms with Crippen LogP contribution in [-0.4, -0.2) is 28.8 Å². The summed E-state index contributed by atoms with van der Waals surface area (Å²) in [4.78, 5) is 12.3. The molecular formula is C16H20ClN3O2. The first-order valence-electron chi connectivity index (χ1n) is 7.33. The van der Waals surface area contributed by atoms with Gasteiger partial charge in [0.15, 0.2) is 0 Å². The fourth-order valence-electron chi connectivity index (χ4n) is 2.01. The Balaban J connectivity index is 2.29. The van der Waals surface area contributed by atoms with Gasteiger partial charge in [0.1, 0.15) is 5.75 Å².